The van der Waals surface area contributed by atoms with Gasteiger partial charge in [0.15, 0.2) is 6.61 Å². The molecular weight excluding hydrogens is 298 g/mol. The maximum Gasteiger partial charge on any atom is 0.406 e. The molecule has 0 aliphatic carbocycles. The van der Waals surface area contributed by atoms with Crippen molar-refractivity contribution in [2.24, 2.45) is 0 Å². The minimum atomic E-state index is -0.634. The van der Waals surface area contributed by atoms with Crippen LogP contribution in [0.25, 0.3) is 0 Å². The summed E-state index contributed by atoms with van der Waals surface area (Å²) in [6.07, 6.45) is 1.31. The zero-order valence-corrected chi connectivity index (χ0v) is 13.6. The summed E-state index contributed by atoms with van der Waals surface area (Å²) in [6.45, 7) is 7.64. The third-order valence-electron chi connectivity index (χ3n) is 3.58. The lowest BCUT2D eigenvalue weighted by atomic mass is 10.1. The second kappa shape index (κ2) is 6.60. The number of hydrogen-bond donors (Lipinski definition) is 0. The van der Waals surface area contributed by atoms with Crippen molar-refractivity contribution in [1.82, 2.24) is 9.55 Å². The normalized spacial score (nSPS) is 10.8. The van der Waals surface area contributed by atoms with Crippen LogP contribution in [0.15, 0.2) is 24.4 Å². The van der Waals surface area contributed by atoms with Gasteiger partial charge in [-0.2, -0.15) is 0 Å². The van der Waals surface area contributed by atoms with E-state index in [4.69, 9.17) is 4.74 Å². The molecule has 7 heteroatoms. The van der Waals surface area contributed by atoms with E-state index in [-0.39, 0.29) is 24.2 Å². The Morgan fingerprint density at radius 3 is 2.70 bits per heavy atom. The highest BCUT2D eigenvalue weighted by Crippen LogP contribution is 2.24. The average Bonchev–Trinajstić information content (AvgIpc) is 2.80. The van der Waals surface area contributed by atoms with Gasteiger partial charge in [0.25, 0.3) is 0 Å². The summed E-state index contributed by atoms with van der Waals surface area (Å²) < 4.78 is 7.39. The zero-order chi connectivity index (χ0) is 17.1. The van der Waals surface area contributed by atoms with Crippen LogP contribution in [0, 0.1) is 24.0 Å². The van der Waals surface area contributed by atoms with Gasteiger partial charge in [-0.3, -0.25) is 4.79 Å². The number of carbonyl (C=O) groups excluding carboxylic acids is 1. The van der Waals surface area contributed by atoms with Crippen molar-refractivity contribution in [2.75, 3.05) is 6.61 Å². The van der Waals surface area contributed by atoms with Crippen molar-refractivity contribution in [3.63, 3.8) is 0 Å². The Hall–Kier alpha value is -2.70. The number of pyridine rings is 1. The summed E-state index contributed by atoms with van der Waals surface area (Å²) in [4.78, 5) is 26.3. The molecule has 0 atom stereocenters. The molecule has 0 bridgehead atoms. The molecule has 7 nitrogen and oxygen atoms in total. The average molecular weight is 317 g/mol. The lowest BCUT2D eigenvalue weighted by molar-refractivity contribution is -0.390. The maximum absolute atomic E-state index is 12.4. The van der Waals surface area contributed by atoms with Crippen molar-refractivity contribution in [1.29, 1.82) is 0 Å². The van der Waals surface area contributed by atoms with Crippen LogP contribution in [-0.4, -0.2) is 26.9 Å². The molecule has 2 heterocycles. The Bertz CT molecular complexity index is 750. The van der Waals surface area contributed by atoms with Gasteiger partial charge in [-0.05, 0) is 55.8 Å². The second-order valence-electron chi connectivity index (χ2n) is 5.54. The van der Waals surface area contributed by atoms with Gasteiger partial charge >= 0.3 is 5.82 Å². The van der Waals surface area contributed by atoms with Crippen LogP contribution in [0.3, 0.4) is 0 Å². The molecule has 122 valence electrons. The minimum absolute atomic E-state index is 0.0106. The molecule has 0 radical (unpaired) electrons. The smallest absolute Gasteiger partial charge is 0.406 e. The molecule has 0 spiro atoms. The summed E-state index contributed by atoms with van der Waals surface area (Å²) in [5.74, 6) is -0.625. The number of aryl methyl sites for hydroxylation is 1. The van der Waals surface area contributed by atoms with E-state index in [1.54, 1.807) is 0 Å². The van der Waals surface area contributed by atoms with E-state index in [1.165, 1.54) is 18.3 Å². The standard InChI is InChI=1S/C16H19N3O4/c1-10(2)18-11(3)8-13(12(18)4)14(20)9-23-15-6-5-7-17-16(15)19(21)22/h5-8,10H,9H2,1-4H3. The number of ether oxygens (including phenoxy) is 1. The second-order valence-corrected chi connectivity index (χ2v) is 5.54. The fourth-order valence-corrected chi connectivity index (χ4v) is 2.71. The van der Waals surface area contributed by atoms with Crippen molar-refractivity contribution in [3.05, 3.63) is 51.5 Å². The Balaban J connectivity index is 2.18. The van der Waals surface area contributed by atoms with Gasteiger partial charge in [-0.1, -0.05) is 0 Å². The van der Waals surface area contributed by atoms with E-state index in [0.717, 1.165) is 11.4 Å². The SMILES string of the molecule is Cc1cc(C(=O)COc2cccnc2[N+](=O)[O-])c(C)n1C(C)C. The number of nitrogens with zero attached hydrogens (tertiary/aromatic N) is 3. The van der Waals surface area contributed by atoms with Crippen molar-refractivity contribution >= 4 is 11.6 Å². The molecule has 0 N–H and O–H groups in total. The summed E-state index contributed by atoms with van der Waals surface area (Å²) in [5.41, 5.74) is 2.43. The summed E-state index contributed by atoms with van der Waals surface area (Å²) in [6, 6.07) is 5.02. The first-order valence-corrected chi connectivity index (χ1v) is 7.26. The van der Waals surface area contributed by atoms with Crippen LogP contribution in [0.4, 0.5) is 5.82 Å². The Morgan fingerprint density at radius 2 is 2.13 bits per heavy atom. The van der Waals surface area contributed by atoms with Gasteiger partial charge < -0.3 is 19.4 Å². The number of ketones is 1. The van der Waals surface area contributed by atoms with Gasteiger partial charge in [0.1, 0.15) is 6.20 Å². The van der Waals surface area contributed by atoms with Gasteiger partial charge in [-0.25, -0.2) is 0 Å². The van der Waals surface area contributed by atoms with Crippen molar-refractivity contribution in [3.8, 4) is 5.75 Å². The third kappa shape index (κ3) is 3.39. The van der Waals surface area contributed by atoms with Gasteiger partial charge in [0.2, 0.25) is 11.5 Å². The predicted molar refractivity (Wildman–Crippen MR) is 85.0 cm³/mol. The number of nitro groups is 1. The lowest BCUT2D eigenvalue weighted by Gasteiger charge is -2.13. The van der Waals surface area contributed by atoms with E-state index >= 15 is 0 Å². The molecule has 2 aromatic heterocycles. The number of carbonyl (C=O) groups is 1. The minimum Gasteiger partial charge on any atom is -0.477 e. The van der Waals surface area contributed by atoms with E-state index in [2.05, 4.69) is 9.55 Å². The summed E-state index contributed by atoms with van der Waals surface area (Å²) >= 11 is 0. The first-order chi connectivity index (χ1) is 10.8. The molecule has 0 aliphatic rings. The number of hydrogen-bond acceptors (Lipinski definition) is 5. The fraction of sp³-hybridized carbons (Fsp3) is 0.375. The Morgan fingerprint density at radius 1 is 1.43 bits per heavy atom. The van der Waals surface area contributed by atoms with E-state index in [1.807, 2.05) is 33.8 Å². The third-order valence-corrected chi connectivity index (χ3v) is 3.58. The van der Waals surface area contributed by atoms with Crippen LogP contribution >= 0.6 is 0 Å². The molecule has 0 amide bonds. The molecular formula is C16H19N3O4. The monoisotopic (exact) mass is 317 g/mol. The maximum atomic E-state index is 12.4. The lowest BCUT2D eigenvalue weighted by Crippen LogP contribution is -2.14. The van der Waals surface area contributed by atoms with Crippen LogP contribution in [-0.2, 0) is 0 Å². The van der Waals surface area contributed by atoms with Crippen LogP contribution < -0.4 is 4.74 Å². The highest BCUT2D eigenvalue weighted by Gasteiger charge is 2.20. The summed E-state index contributed by atoms with van der Waals surface area (Å²) in [7, 11) is 0. The zero-order valence-electron chi connectivity index (χ0n) is 13.6. The first kappa shape index (κ1) is 16.7. The molecule has 0 saturated carbocycles. The molecule has 23 heavy (non-hydrogen) atoms. The molecule has 0 aromatic carbocycles. The van der Waals surface area contributed by atoms with Crippen molar-refractivity contribution < 1.29 is 14.5 Å². The highest BCUT2D eigenvalue weighted by atomic mass is 16.6. The first-order valence-electron chi connectivity index (χ1n) is 7.26. The van der Waals surface area contributed by atoms with Crippen LogP contribution in [0.1, 0.15) is 41.6 Å². The molecule has 2 aromatic rings. The molecule has 0 unspecified atom stereocenters. The van der Waals surface area contributed by atoms with Crippen LogP contribution in [0.5, 0.6) is 5.75 Å². The Labute approximate surface area is 134 Å². The number of rotatable bonds is 6. The van der Waals surface area contributed by atoms with E-state index < -0.39 is 10.7 Å². The van der Waals surface area contributed by atoms with E-state index in [9.17, 15) is 14.9 Å². The van der Waals surface area contributed by atoms with Gasteiger partial charge in [-0.15, -0.1) is 0 Å². The van der Waals surface area contributed by atoms with Gasteiger partial charge in [0, 0.05) is 23.0 Å². The van der Waals surface area contributed by atoms with E-state index in [0.29, 0.717) is 5.56 Å². The Kier molecular flexibility index (Phi) is 4.78. The molecule has 0 aliphatic heterocycles. The highest BCUT2D eigenvalue weighted by molar-refractivity contribution is 5.98. The number of Topliss-reactive ketones (excluding diaryl/α,β-unsaturated/α-hetero) is 1. The largest absolute Gasteiger partial charge is 0.477 e. The quantitative estimate of drug-likeness (QED) is 0.463. The van der Waals surface area contributed by atoms with Crippen LogP contribution in [0.2, 0.25) is 0 Å². The number of aromatic nitrogens is 2. The molecule has 0 saturated heterocycles. The van der Waals surface area contributed by atoms with Crippen molar-refractivity contribution in [2.45, 2.75) is 33.7 Å². The summed E-state index contributed by atoms with van der Waals surface area (Å²) in [5, 5.41) is 10.9. The fourth-order valence-electron chi connectivity index (χ4n) is 2.71. The van der Waals surface area contributed by atoms with Gasteiger partial charge in [0.05, 0.1) is 0 Å². The topological polar surface area (TPSA) is 87.3 Å². The molecule has 2 rings (SSSR count). The predicted octanol–water partition coefficient (Wildman–Crippen LogP) is 3.25. The molecule has 0 fully saturated rings.